The van der Waals surface area contributed by atoms with E-state index in [0.717, 1.165) is 12.8 Å². The monoisotopic (exact) mass is 416 g/mol. The fourth-order valence-electron chi connectivity index (χ4n) is 3.36. The molecule has 1 aliphatic rings. The number of anilines is 1. The molecule has 1 fully saturated rings. The normalized spacial score (nSPS) is 17.6. The maximum Gasteiger partial charge on any atom is 0.335 e. The average Bonchev–Trinajstić information content (AvgIpc) is 2.72. The molecule has 29 heavy (non-hydrogen) atoms. The van der Waals surface area contributed by atoms with E-state index in [2.05, 4.69) is 5.32 Å². The van der Waals surface area contributed by atoms with E-state index in [1.165, 1.54) is 28.6 Å². The number of carbonyl (C=O) groups excluding carboxylic acids is 1. The van der Waals surface area contributed by atoms with Crippen molar-refractivity contribution in [2.24, 2.45) is 5.92 Å². The Labute approximate surface area is 170 Å². The second-order valence-corrected chi connectivity index (χ2v) is 9.24. The van der Waals surface area contributed by atoms with Gasteiger partial charge in [-0.2, -0.15) is 4.31 Å². The zero-order valence-electron chi connectivity index (χ0n) is 16.2. The fourth-order valence-corrected chi connectivity index (χ4v) is 5.00. The van der Waals surface area contributed by atoms with Crippen molar-refractivity contribution in [1.82, 2.24) is 4.31 Å². The molecule has 1 atom stereocenters. The minimum absolute atomic E-state index is 0.0311. The maximum atomic E-state index is 12.9. The lowest BCUT2D eigenvalue weighted by molar-refractivity contribution is 0.0696. The van der Waals surface area contributed by atoms with Crippen molar-refractivity contribution in [3.63, 3.8) is 0 Å². The lowest BCUT2D eigenvalue weighted by atomic mass is 10.0. The Balaban J connectivity index is 1.69. The fraction of sp³-hybridized carbons (Fsp3) is 0.333. The number of hydrogen-bond donors (Lipinski definition) is 2. The van der Waals surface area contributed by atoms with Crippen molar-refractivity contribution in [1.29, 1.82) is 0 Å². The van der Waals surface area contributed by atoms with E-state index >= 15 is 0 Å². The van der Waals surface area contributed by atoms with Crippen LogP contribution in [-0.2, 0) is 10.0 Å². The van der Waals surface area contributed by atoms with E-state index in [0.29, 0.717) is 30.3 Å². The number of ketones is 1. The first-order chi connectivity index (χ1) is 13.8. The van der Waals surface area contributed by atoms with Crippen molar-refractivity contribution in [3.8, 4) is 0 Å². The molecular weight excluding hydrogens is 392 g/mol. The molecule has 0 aliphatic carbocycles. The first-order valence-corrected chi connectivity index (χ1v) is 10.9. The summed E-state index contributed by atoms with van der Waals surface area (Å²) in [5, 5.41) is 11.8. The minimum atomic E-state index is -3.63. The number of hydrogen-bond acceptors (Lipinski definition) is 5. The topological polar surface area (TPSA) is 104 Å². The number of carboxylic acid groups (broad SMARTS) is 1. The Bertz CT molecular complexity index is 1000. The molecule has 3 rings (SSSR count). The van der Waals surface area contributed by atoms with Gasteiger partial charge in [-0.1, -0.05) is 19.1 Å². The van der Waals surface area contributed by atoms with Crippen LogP contribution in [0.4, 0.5) is 5.69 Å². The quantitative estimate of drug-likeness (QED) is 0.672. The van der Waals surface area contributed by atoms with Crippen LogP contribution in [0.1, 0.15) is 40.5 Å². The molecule has 154 valence electrons. The third-order valence-corrected chi connectivity index (χ3v) is 6.86. The molecule has 1 heterocycles. The summed E-state index contributed by atoms with van der Waals surface area (Å²) in [5.74, 6) is -0.954. The standard InChI is InChI=1S/C21H24N2O5S/c1-15-4-3-11-23(14-15)29(27,28)19-6-2-5-17(12-19)20(24)13-22-18-9-7-16(8-10-18)21(25)26/h2,5-10,12,15,22H,3-4,11,13-14H2,1H3,(H,25,26). The molecule has 7 nitrogen and oxygen atoms in total. The van der Waals surface area contributed by atoms with Gasteiger partial charge in [-0.25, -0.2) is 13.2 Å². The maximum absolute atomic E-state index is 12.9. The molecule has 2 aromatic carbocycles. The molecule has 0 amide bonds. The number of Topliss-reactive ketones (excluding diaryl/α,β-unsaturated/α-hetero) is 1. The molecular formula is C21H24N2O5S. The van der Waals surface area contributed by atoms with Crippen LogP contribution < -0.4 is 5.32 Å². The van der Waals surface area contributed by atoms with Crippen LogP contribution in [0.5, 0.6) is 0 Å². The third-order valence-electron chi connectivity index (χ3n) is 5.00. The zero-order chi connectivity index (χ0) is 21.0. The molecule has 1 saturated heterocycles. The van der Waals surface area contributed by atoms with Crippen LogP contribution in [0.2, 0.25) is 0 Å². The lowest BCUT2D eigenvalue weighted by Gasteiger charge is -2.30. The predicted octanol–water partition coefficient (Wildman–Crippen LogP) is 3.10. The Morgan fingerprint density at radius 3 is 2.52 bits per heavy atom. The van der Waals surface area contributed by atoms with Crippen molar-refractivity contribution >= 4 is 27.5 Å². The van der Waals surface area contributed by atoms with Gasteiger partial charge in [-0.05, 0) is 55.2 Å². The van der Waals surface area contributed by atoms with Gasteiger partial charge in [0.15, 0.2) is 5.78 Å². The van der Waals surface area contributed by atoms with Crippen molar-refractivity contribution in [2.75, 3.05) is 25.0 Å². The number of nitrogens with zero attached hydrogens (tertiary/aromatic N) is 1. The zero-order valence-corrected chi connectivity index (χ0v) is 17.0. The van der Waals surface area contributed by atoms with E-state index in [9.17, 15) is 18.0 Å². The Morgan fingerprint density at radius 1 is 1.14 bits per heavy atom. The van der Waals surface area contributed by atoms with E-state index < -0.39 is 16.0 Å². The molecule has 2 N–H and O–H groups in total. The molecule has 0 saturated carbocycles. The second kappa shape index (κ2) is 8.75. The molecule has 0 bridgehead atoms. The first kappa shape index (κ1) is 21.0. The molecule has 0 radical (unpaired) electrons. The van der Waals surface area contributed by atoms with Crippen molar-refractivity contribution < 1.29 is 23.1 Å². The average molecular weight is 416 g/mol. The summed E-state index contributed by atoms with van der Waals surface area (Å²) in [5.41, 5.74) is 1.08. The van der Waals surface area contributed by atoms with Gasteiger partial charge in [-0.15, -0.1) is 0 Å². The van der Waals surface area contributed by atoms with Crippen LogP contribution in [0, 0.1) is 5.92 Å². The SMILES string of the molecule is CC1CCCN(S(=O)(=O)c2cccc(C(=O)CNc3ccc(C(=O)O)cc3)c2)C1. The van der Waals surface area contributed by atoms with Crippen LogP contribution in [0.25, 0.3) is 0 Å². The summed E-state index contributed by atoms with van der Waals surface area (Å²) in [7, 11) is -3.63. The van der Waals surface area contributed by atoms with E-state index in [1.54, 1.807) is 24.3 Å². The van der Waals surface area contributed by atoms with Crippen LogP contribution in [0.15, 0.2) is 53.4 Å². The summed E-state index contributed by atoms with van der Waals surface area (Å²) in [6, 6.07) is 12.2. The number of aromatic carboxylic acids is 1. The highest BCUT2D eigenvalue weighted by molar-refractivity contribution is 7.89. The number of sulfonamides is 1. The molecule has 2 aromatic rings. The van der Waals surface area contributed by atoms with Gasteiger partial charge in [0.2, 0.25) is 10.0 Å². The van der Waals surface area contributed by atoms with Crippen molar-refractivity contribution in [3.05, 3.63) is 59.7 Å². The van der Waals surface area contributed by atoms with Gasteiger partial charge in [0.25, 0.3) is 0 Å². The number of carbonyl (C=O) groups is 2. The van der Waals surface area contributed by atoms with Crippen LogP contribution in [0.3, 0.4) is 0 Å². The number of benzene rings is 2. The number of piperidine rings is 1. The summed E-state index contributed by atoms with van der Waals surface area (Å²) in [6.07, 6.45) is 1.85. The van der Waals surface area contributed by atoms with Gasteiger partial charge in [0.1, 0.15) is 0 Å². The Hall–Kier alpha value is -2.71. The predicted molar refractivity (Wildman–Crippen MR) is 110 cm³/mol. The highest BCUT2D eigenvalue weighted by Crippen LogP contribution is 2.24. The van der Waals surface area contributed by atoms with Gasteiger partial charge in [-0.3, -0.25) is 4.79 Å². The highest BCUT2D eigenvalue weighted by atomic mass is 32.2. The van der Waals surface area contributed by atoms with Gasteiger partial charge in [0.05, 0.1) is 17.0 Å². The van der Waals surface area contributed by atoms with E-state index in [1.807, 2.05) is 6.92 Å². The second-order valence-electron chi connectivity index (χ2n) is 7.30. The Morgan fingerprint density at radius 2 is 1.86 bits per heavy atom. The minimum Gasteiger partial charge on any atom is -0.478 e. The number of rotatable bonds is 7. The molecule has 8 heteroatoms. The number of carboxylic acids is 1. The van der Waals surface area contributed by atoms with Gasteiger partial charge in [0, 0.05) is 24.3 Å². The van der Waals surface area contributed by atoms with E-state index in [-0.39, 0.29) is 22.8 Å². The number of nitrogens with one attached hydrogen (secondary N) is 1. The largest absolute Gasteiger partial charge is 0.478 e. The van der Waals surface area contributed by atoms with Crippen molar-refractivity contribution in [2.45, 2.75) is 24.7 Å². The lowest BCUT2D eigenvalue weighted by Crippen LogP contribution is -2.39. The highest BCUT2D eigenvalue weighted by Gasteiger charge is 2.29. The smallest absolute Gasteiger partial charge is 0.335 e. The van der Waals surface area contributed by atoms with Gasteiger partial charge < -0.3 is 10.4 Å². The summed E-state index contributed by atoms with van der Waals surface area (Å²) in [4.78, 5) is 23.5. The summed E-state index contributed by atoms with van der Waals surface area (Å²) >= 11 is 0. The summed E-state index contributed by atoms with van der Waals surface area (Å²) in [6.45, 7) is 3.00. The van der Waals surface area contributed by atoms with Gasteiger partial charge >= 0.3 is 5.97 Å². The van der Waals surface area contributed by atoms with E-state index in [4.69, 9.17) is 5.11 Å². The first-order valence-electron chi connectivity index (χ1n) is 9.48. The Kier molecular flexibility index (Phi) is 6.34. The molecule has 1 unspecified atom stereocenters. The molecule has 1 aliphatic heterocycles. The van der Waals surface area contributed by atoms with Crippen LogP contribution in [-0.4, -0.2) is 49.2 Å². The molecule has 0 spiro atoms. The summed E-state index contributed by atoms with van der Waals surface area (Å²) < 4.78 is 27.3. The molecule has 0 aromatic heterocycles. The van der Waals surface area contributed by atoms with Crippen LogP contribution >= 0.6 is 0 Å². The third kappa shape index (κ3) is 5.02.